The highest BCUT2D eigenvalue weighted by atomic mass is 16.5. The molecule has 218 valence electrons. The molecule has 2 aliphatic heterocycles. The number of ether oxygens (including phenoxy) is 1. The number of anilines is 1. The zero-order valence-electron chi connectivity index (χ0n) is 24.8. The average Bonchev–Trinajstić information content (AvgIpc) is 3.51. The van der Waals surface area contributed by atoms with Gasteiger partial charge in [0, 0.05) is 31.5 Å². The van der Waals surface area contributed by atoms with Crippen LogP contribution in [0.25, 0.3) is 0 Å². The fourth-order valence-corrected chi connectivity index (χ4v) is 6.20. The molecule has 2 unspecified atom stereocenters. The van der Waals surface area contributed by atoms with Crippen LogP contribution in [0.3, 0.4) is 0 Å². The van der Waals surface area contributed by atoms with Crippen LogP contribution in [0.15, 0.2) is 77.1 Å². The third kappa shape index (κ3) is 6.83. The molecule has 7 heteroatoms. The van der Waals surface area contributed by atoms with Gasteiger partial charge in [0.05, 0.1) is 18.9 Å². The standard InChI is InChI=1S/C34H44N4O3/c1-5-27(10-8-22-40-23-26-16-19-37(20-17-26)34-35-32(24(2)3)36-41-34)28-12-14-30(15-13-28)33(39)38-21-18-29-9-6-7-11-31(29)25(38)4/h5-12,22,24-26,30H,1,13-21,23H2,2-4H3/b22-8+,27-10+. The number of piperidine rings is 1. The molecule has 3 aliphatic rings. The van der Waals surface area contributed by atoms with E-state index in [1.165, 1.54) is 16.7 Å². The van der Waals surface area contributed by atoms with Crippen molar-refractivity contribution in [3.8, 4) is 0 Å². The number of rotatable bonds is 9. The molecule has 0 bridgehead atoms. The average molecular weight is 557 g/mol. The van der Waals surface area contributed by atoms with E-state index in [9.17, 15) is 4.79 Å². The van der Waals surface area contributed by atoms with E-state index < -0.39 is 0 Å². The van der Waals surface area contributed by atoms with Crippen LogP contribution in [0.1, 0.15) is 81.8 Å². The molecule has 0 radical (unpaired) electrons. The van der Waals surface area contributed by atoms with Crippen LogP contribution < -0.4 is 4.90 Å². The molecule has 2 atom stereocenters. The van der Waals surface area contributed by atoms with Gasteiger partial charge in [0.2, 0.25) is 5.91 Å². The number of hydrogen-bond acceptors (Lipinski definition) is 6. The quantitative estimate of drug-likeness (QED) is 0.247. The summed E-state index contributed by atoms with van der Waals surface area (Å²) < 4.78 is 11.3. The predicted octanol–water partition coefficient (Wildman–Crippen LogP) is 6.92. The molecule has 0 saturated carbocycles. The van der Waals surface area contributed by atoms with Gasteiger partial charge in [-0.2, -0.15) is 4.98 Å². The number of nitrogens with zero attached hydrogens (tertiary/aromatic N) is 4. The van der Waals surface area contributed by atoms with Crippen LogP contribution in [0.5, 0.6) is 0 Å². The minimum atomic E-state index is 0.0555. The molecule has 5 rings (SSSR count). The molecule has 1 amide bonds. The largest absolute Gasteiger partial charge is 0.501 e. The lowest BCUT2D eigenvalue weighted by atomic mass is 9.84. The summed E-state index contributed by atoms with van der Waals surface area (Å²) in [6.45, 7) is 13.6. The maximum Gasteiger partial charge on any atom is 0.324 e. The highest BCUT2D eigenvalue weighted by Gasteiger charge is 2.32. The van der Waals surface area contributed by atoms with Crippen LogP contribution in [0, 0.1) is 11.8 Å². The van der Waals surface area contributed by atoms with E-state index >= 15 is 0 Å². The third-order valence-electron chi connectivity index (χ3n) is 8.84. The Balaban J connectivity index is 1.06. The SMILES string of the molecule is C=C/C(=C\C=C\OCC1CCN(c2nc(C(C)C)no2)CC1)C1=CCC(C(=O)N2CCc3ccccc3C2C)CC1. The minimum absolute atomic E-state index is 0.0555. The highest BCUT2D eigenvalue weighted by molar-refractivity contribution is 5.80. The van der Waals surface area contributed by atoms with Gasteiger partial charge < -0.3 is 19.1 Å². The molecule has 1 aromatic carbocycles. The van der Waals surface area contributed by atoms with Crippen LogP contribution in [0.2, 0.25) is 0 Å². The molecule has 0 spiro atoms. The van der Waals surface area contributed by atoms with Gasteiger partial charge in [-0.1, -0.05) is 68.1 Å². The molecule has 1 aliphatic carbocycles. The topological polar surface area (TPSA) is 71.7 Å². The summed E-state index contributed by atoms with van der Waals surface area (Å²) in [6, 6.07) is 9.30. The molecule has 3 heterocycles. The number of amides is 1. The maximum absolute atomic E-state index is 13.4. The van der Waals surface area contributed by atoms with E-state index in [-0.39, 0.29) is 17.9 Å². The summed E-state index contributed by atoms with van der Waals surface area (Å²) in [5, 5.41) is 4.08. The van der Waals surface area contributed by atoms with Gasteiger partial charge in [0.25, 0.3) is 0 Å². The van der Waals surface area contributed by atoms with E-state index in [2.05, 4.69) is 83.7 Å². The third-order valence-corrected chi connectivity index (χ3v) is 8.84. The zero-order valence-corrected chi connectivity index (χ0v) is 24.8. The Kier molecular flexibility index (Phi) is 9.42. The smallest absolute Gasteiger partial charge is 0.324 e. The van der Waals surface area contributed by atoms with Crippen molar-refractivity contribution < 1.29 is 14.1 Å². The predicted molar refractivity (Wildman–Crippen MR) is 162 cm³/mol. The van der Waals surface area contributed by atoms with Gasteiger partial charge in [-0.05, 0) is 79.7 Å². The molecular formula is C34H44N4O3. The lowest BCUT2D eigenvalue weighted by Crippen LogP contribution is -2.42. The molecule has 1 saturated heterocycles. The van der Waals surface area contributed by atoms with Crippen LogP contribution in [-0.4, -0.2) is 47.2 Å². The van der Waals surface area contributed by atoms with Crippen molar-refractivity contribution in [1.82, 2.24) is 15.0 Å². The molecule has 41 heavy (non-hydrogen) atoms. The number of carbonyl (C=O) groups is 1. The maximum atomic E-state index is 13.4. The van der Waals surface area contributed by atoms with Gasteiger partial charge in [-0.15, -0.1) is 0 Å². The Morgan fingerprint density at radius 2 is 1.98 bits per heavy atom. The summed E-state index contributed by atoms with van der Waals surface area (Å²) in [6.07, 6.45) is 15.5. The van der Waals surface area contributed by atoms with Crippen molar-refractivity contribution in [2.45, 2.75) is 71.3 Å². The molecule has 1 aromatic heterocycles. The number of aromatic nitrogens is 2. The summed E-state index contributed by atoms with van der Waals surface area (Å²) >= 11 is 0. The first-order valence-electron chi connectivity index (χ1n) is 15.2. The lowest BCUT2D eigenvalue weighted by Gasteiger charge is -2.38. The summed E-state index contributed by atoms with van der Waals surface area (Å²) in [5.74, 6) is 1.89. The van der Waals surface area contributed by atoms with Gasteiger partial charge in [-0.25, -0.2) is 0 Å². The highest BCUT2D eigenvalue weighted by Crippen LogP contribution is 2.35. The van der Waals surface area contributed by atoms with E-state index in [1.54, 1.807) is 6.26 Å². The molecule has 1 fully saturated rings. The normalized spacial score (nSPS) is 22.1. The van der Waals surface area contributed by atoms with Gasteiger partial charge >= 0.3 is 6.01 Å². The molecule has 7 nitrogen and oxygen atoms in total. The van der Waals surface area contributed by atoms with E-state index in [0.717, 1.165) is 69.6 Å². The lowest BCUT2D eigenvalue weighted by molar-refractivity contribution is -0.138. The van der Waals surface area contributed by atoms with E-state index in [0.29, 0.717) is 24.4 Å². The Morgan fingerprint density at radius 3 is 2.68 bits per heavy atom. The Morgan fingerprint density at radius 1 is 1.17 bits per heavy atom. The first kappa shape index (κ1) is 28.9. The van der Waals surface area contributed by atoms with Crippen molar-refractivity contribution >= 4 is 11.9 Å². The molecule has 2 aromatic rings. The monoisotopic (exact) mass is 556 g/mol. The second-order valence-corrected chi connectivity index (χ2v) is 11.9. The molecular weight excluding hydrogens is 512 g/mol. The second kappa shape index (κ2) is 13.4. The number of hydrogen-bond donors (Lipinski definition) is 0. The van der Waals surface area contributed by atoms with Crippen LogP contribution >= 0.6 is 0 Å². The fraction of sp³-hybridized carbons (Fsp3) is 0.500. The minimum Gasteiger partial charge on any atom is -0.501 e. The Bertz CT molecular complexity index is 1300. The van der Waals surface area contributed by atoms with Gasteiger partial charge in [0.15, 0.2) is 5.82 Å². The van der Waals surface area contributed by atoms with Crippen molar-refractivity contribution in [2.75, 3.05) is 31.1 Å². The van der Waals surface area contributed by atoms with Crippen LogP contribution in [0.4, 0.5) is 6.01 Å². The fourth-order valence-electron chi connectivity index (χ4n) is 6.20. The Hall–Kier alpha value is -3.61. The first-order chi connectivity index (χ1) is 19.9. The van der Waals surface area contributed by atoms with Crippen LogP contribution in [-0.2, 0) is 16.0 Å². The van der Waals surface area contributed by atoms with Crippen molar-refractivity contribution in [3.63, 3.8) is 0 Å². The van der Waals surface area contributed by atoms with Gasteiger partial charge in [-0.3, -0.25) is 4.79 Å². The Labute approximate surface area is 244 Å². The van der Waals surface area contributed by atoms with Crippen molar-refractivity contribution in [1.29, 1.82) is 0 Å². The summed E-state index contributed by atoms with van der Waals surface area (Å²) in [4.78, 5) is 22.2. The zero-order chi connectivity index (χ0) is 28.8. The number of allylic oxidation sites excluding steroid dienone is 6. The number of fused-ring (bicyclic) bond motifs is 1. The first-order valence-corrected chi connectivity index (χ1v) is 15.2. The van der Waals surface area contributed by atoms with Crippen molar-refractivity contribution in [2.24, 2.45) is 11.8 Å². The number of carbonyl (C=O) groups excluding carboxylic acids is 1. The second-order valence-electron chi connectivity index (χ2n) is 11.9. The molecule has 0 N–H and O–H groups in total. The van der Waals surface area contributed by atoms with E-state index in [1.807, 2.05) is 12.2 Å². The van der Waals surface area contributed by atoms with Crippen molar-refractivity contribution in [3.05, 3.63) is 89.5 Å². The summed E-state index contributed by atoms with van der Waals surface area (Å²) in [5.41, 5.74) is 5.03. The number of benzene rings is 1. The van der Waals surface area contributed by atoms with Gasteiger partial charge in [0.1, 0.15) is 0 Å². The summed E-state index contributed by atoms with van der Waals surface area (Å²) in [7, 11) is 0. The van der Waals surface area contributed by atoms with E-state index in [4.69, 9.17) is 9.26 Å².